The van der Waals surface area contributed by atoms with Gasteiger partial charge in [0.05, 0.1) is 5.75 Å². The molecule has 0 aliphatic heterocycles. The fraction of sp³-hybridized carbons (Fsp3) is 0.231. The van der Waals surface area contributed by atoms with Gasteiger partial charge in [0.25, 0.3) is 0 Å². The van der Waals surface area contributed by atoms with E-state index in [0.717, 1.165) is 16.5 Å². The molecule has 0 amide bonds. The molecule has 2 aromatic heterocycles. The van der Waals surface area contributed by atoms with Crippen LogP contribution in [-0.4, -0.2) is 25.1 Å². The number of halogens is 1. The summed E-state index contributed by atoms with van der Waals surface area (Å²) in [4.78, 5) is 0. The van der Waals surface area contributed by atoms with Crippen LogP contribution in [0.1, 0.15) is 18.7 Å². The maximum atomic E-state index is 6.08. The van der Waals surface area contributed by atoms with E-state index in [2.05, 4.69) is 36.3 Å². The van der Waals surface area contributed by atoms with Crippen LogP contribution in [0.15, 0.2) is 38.3 Å². The quantitative estimate of drug-likeness (QED) is 0.536. The van der Waals surface area contributed by atoms with E-state index in [9.17, 15) is 0 Å². The van der Waals surface area contributed by atoms with Gasteiger partial charge < -0.3 is 10.3 Å². The van der Waals surface area contributed by atoms with Gasteiger partial charge in [-0.15, -0.1) is 20.4 Å². The van der Waals surface area contributed by atoms with Crippen LogP contribution in [0.3, 0.4) is 0 Å². The highest BCUT2D eigenvalue weighted by Crippen LogP contribution is 2.28. The topological polar surface area (TPSA) is 95.7 Å². The second-order valence-electron chi connectivity index (χ2n) is 4.39. The van der Waals surface area contributed by atoms with Crippen LogP contribution >= 0.6 is 27.7 Å². The van der Waals surface area contributed by atoms with Gasteiger partial charge in [0.1, 0.15) is 0 Å². The van der Waals surface area contributed by atoms with Crippen LogP contribution < -0.4 is 5.84 Å². The van der Waals surface area contributed by atoms with Crippen LogP contribution in [0.25, 0.3) is 11.4 Å². The van der Waals surface area contributed by atoms with E-state index < -0.39 is 0 Å². The minimum absolute atomic E-state index is 0.498. The molecule has 114 valence electrons. The van der Waals surface area contributed by atoms with Crippen molar-refractivity contribution in [2.45, 2.75) is 24.3 Å². The minimum atomic E-state index is 0.498. The number of nitrogens with two attached hydrogens (primary N) is 1. The Hall–Kier alpha value is -1.87. The number of aromatic nitrogens is 5. The van der Waals surface area contributed by atoms with E-state index in [1.807, 2.05) is 31.2 Å². The summed E-state index contributed by atoms with van der Waals surface area (Å²) in [7, 11) is 0. The van der Waals surface area contributed by atoms with Crippen molar-refractivity contribution < 1.29 is 4.42 Å². The van der Waals surface area contributed by atoms with E-state index in [1.54, 1.807) is 0 Å². The highest BCUT2D eigenvalue weighted by Gasteiger charge is 2.15. The van der Waals surface area contributed by atoms with E-state index in [-0.39, 0.29) is 0 Å². The Morgan fingerprint density at radius 3 is 2.68 bits per heavy atom. The normalized spacial score (nSPS) is 11.0. The molecule has 0 saturated carbocycles. The Labute approximate surface area is 139 Å². The second kappa shape index (κ2) is 6.49. The van der Waals surface area contributed by atoms with E-state index in [4.69, 9.17) is 10.3 Å². The monoisotopic (exact) mass is 380 g/mol. The van der Waals surface area contributed by atoms with E-state index >= 15 is 0 Å². The summed E-state index contributed by atoms with van der Waals surface area (Å²) in [5, 5.41) is 16.7. The molecule has 0 aliphatic carbocycles. The summed E-state index contributed by atoms with van der Waals surface area (Å²) in [5.41, 5.74) is 0.885. The number of hydrogen-bond acceptors (Lipinski definition) is 7. The molecule has 2 heterocycles. The molecule has 0 atom stereocenters. The van der Waals surface area contributed by atoms with Crippen LogP contribution in [0.5, 0.6) is 0 Å². The van der Waals surface area contributed by atoms with Gasteiger partial charge in [0, 0.05) is 16.5 Å². The fourth-order valence-electron chi connectivity index (χ4n) is 1.82. The number of benzene rings is 1. The molecule has 0 spiro atoms. The summed E-state index contributed by atoms with van der Waals surface area (Å²) in [5.74, 6) is 8.35. The van der Waals surface area contributed by atoms with E-state index in [1.165, 1.54) is 16.4 Å². The molecule has 1 aromatic carbocycles. The third-order valence-corrected chi connectivity index (χ3v) is 4.53. The lowest BCUT2D eigenvalue weighted by Crippen LogP contribution is -2.11. The molecule has 3 rings (SSSR count). The maximum Gasteiger partial charge on any atom is 0.226 e. The first-order valence-corrected chi connectivity index (χ1v) is 8.36. The lowest BCUT2D eigenvalue weighted by atomic mass is 10.2. The SMILES string of the molecule is CCc1nnc(CSc2nnc(-c3ccccc3Br)n2N)o1. The van der Waals surface area contributed by atoms with Crippen molar-refractivity contribution in [1.29, 1.82) is 0 Å². The smallest absolute Gasteiger partial charge is 0.226 e. The lowest BCUT2D eigenvalue weighted by Gasteiger charge is -2.04. The molecule has 0 fully saturated rings. The second-order valence-corrected chi connectivity index (χ2v) is 6.18. The molecule has 3 aromatic rings. The number of thioether (sulfide) groups is 1. The van der Waals surface area contributed by atoms with Crippen LogP contribution in [0.2, 0.25) is 0 Å². The van der Waals surface area contributed by atoms with Gasteiger partial charge in [-0.3, -0.25) is 0 Å². The van der Waals surface area contributed by atoms with Crippen molar-refractivity contribution in [3.63, 3.8) is 0 Å². The number of nitrogens with zero attached hydrogens (tertiary/aromatic N) is 5. The van der Waals surface area contributed by atoms with Gasteiger partial charge in [0.15, 0.2) is 5.82 Å². The van der Waals surface area contributed by atoms with Crippen molar-refractivity contribution in [1.82, 2.24) is 25.1 Å². The van der Waals surface area contributed by atoms with Crippen LogP contribution in [0.4, 0.5) is 0 Å². The van der Waals surface area contributed by atoms with Gasteiger partial charge in [-0.05, 0) is 12.1 Å². The van der Waals surface area contributed by atoms with Crippen molar-refractivity contribution in [2.24, 2.45) is 0 Å². The first kappa shape index (κ1) is 15.0. The maximum absolute atomic E-state index is 6.08. The first-order chi connectivity index (χ1) is 10.7. The highest BCUT2D eigenvalue weighted by atomic mass is 79.9. The summed E-state index contributed by atoms with van der Waals surface area (Å²) < 4.78 is 7.83. The Morgan fingerprint density at radius 2 is 1.95 bits per heavy atom. The third-order valence-electron chi connectivity index (χ3n) is 2.92. The molecule has 0 saturated heterocycles. The van der Waals surface area contributed by atoms with Crippen molar-refractivity contribution >= 4 is 27.7 Å². The van der Waals surface area contributed by atoms with Crippen LogP contribution in [0, 0.1) is 0 Å². The lowest BCUT2D eigenvalue weighted by molar-refractivity contribution is 0.469. The molecular weight excluding hydrogens is 368 g/mol. The largest absolute Gasteiger partial charge is 0.424 e. The predicted octanol–water partition coefficient (Wildman–Crippen LogP) is 2.66. The average Bonchev–Trinajstić information content (AvgIpc) is 3.13. The predicted molar refractivity (Wildman–Crippen MR) is 86.5 cm³/mol. The van der Waals surface area contributed by atoms with Gasteiger partial charge >= 0.3 is 0 Å². The average molecular weight is 381 g/mol. The number of nitrogen functional groups attached to an aromatic ring is 1. The zero-order valence-electron chi connectivity index (χ0n) is 11.7. The molecule has 9 heteroatoms. The minimum Gasteiger partial charge on any atom is -0.424 e. The third kappa shape index (κ3) is 3.00. The summed E-state index contributed by atoms with van der Waals surface area (Å²) in [6, 6.07) is 7.71. The van der Waals surface area contributed by atoms with Gasteiger partial charge in [0.2, 0.25) is 16.9 Å². The molecule has 2 N–H and O–H groups in total. The Bertz CT molecular complexity index is 786. The molecule has 22 heavy (non-hydrogen) atoms. The summed E-state index contributed by atoms with van der Waals surface area (Å²) >= 11 is 4.88. The molecule has 0 aliphatic rings. The molecule has 0 bridgehead atoms. The molecular formula is C13H13BrN6OS. The van der Waals surface area contributed by atoms with Crippen molar-refractivity contribution in [2.75, 3.05) is 5.84 Å². The molecule has 7 nitrogen and oxygen atoms in total. The summed E-state index contributed by atoms with van der Waals surface area (Å²) in [6.07, 6.45) is 0.719. The van der Waals surface area contributed by atoms with Crippen LogP contribution in [-0.2, 0) is 12.2 Å². The Morgan fingerprint density at radius 1 is 1.18 bits per heavy atom. The zero-order valence-corrected chi connectivity index (χ0v) is 14.1. The molecule has 0 radical (unpaired) electrons. The Balaban J connectivity index is 1.77. The van der Waals surface area contributed by atoms with Crippen molar-refractivity contribution in [3.8, 4) is 11.4 Å². The van der Waals surface area contributed by atoms with Gasteiger partial charge in [-0.2, -0.15) is 0 Å². The zero-order chi connectivity index (χ0) is 15.5. The van der Waals surface area contributed by atoms with Crippen molar-refractivity contribution in [3.05, 3.63) is 40.5 Å². The number of hydrogen-bond donors (Lipinski definition) is 1. The standard InChI is InChI=1S/C13H13BrN6OS/c1-2-10-16-17-11(21-10)7-22-13-19-18-12(20(13)15)8-5-3-4-6-9(8)14/h3-6H,2,7,15H2,1H3. The van der Waals surface area contributed by atoms with Gasteiger partial charge in [-0.1, -0.05) is 46.7 Å². The molecule has 0 unspecified atom stereocenters. The van der Waals surface area contributed by atoms with Gasteiger partial charge in [-0.25, -0.2) is 4.68 Å². The number of aryl methyl sites for hydroxylation is 1. The van der Waals surface area contributed by atoms with E-state index in [0.29, 0.717) is 28.5 Å². The first-order valence-electron chi connectivity index (χ1n) is 6.58. The Kier molecular flexibility index (Phi) is 4.44. The fourth-order valence-corrected chi connectivity index (χ4v) is 2.97. The number of rotatable bonds is 5. The highest BCUT2D eigenvalue weighted by molar-refractivity contribution is 9.10. The summed E-state index contributed by atoms with van der Waals surface area (Å²) in [6.45, 7) is 1.96.